The lowest BCUT2D eigenvalue weighted by molar-refractivity contribution is 0.416. The number of nitrogens with one attached hydrogen (secondary N) is 1. The molecule has 0 bridgehead atoms. The molecule has 5 aromatic rings. The molecule has 1 aliphatic heterocycles. The van der Waals surface area contributed by atoms with Gasteiger partial charge in [-0.3, -0.25) is 0 Å². The Labute approximate surface area is 234 Å². The van der Waals surface area contributed by atoms with Crippen molar-refractivity contribution in [3.05, 3.63) is 72.3 Å². The van der Waals surface area contributed by atoms with Gasteiger partial charge in [-0.15, -0.1) is 0 Å². The van der Waals surface area contributed by atoms with Crippen LogP contribution in [0.3, 0.4) is 0 Å². The van der Waals surface area contributed by atoms with Gasteiger partial charge >= 0.3 is 0 Å². The predicted octanol–water partition coefficient (Wildman–Crippen LogP) is 5.13. The fourth-order valence-corrected chi connectivity index (χ4v) is 5.46. The zero-order valence-corrected chi connectivity index (χ0v) is 23.5. The summed E-state index contributed by atoms with van der Waals surface area (Å²) in [6.07, 6.45) is 9.75. The number of nitrogen functional groups attached to an aromatic ring is 1. The van der Waals surface area contributed by atoms with E-state index >= 15 is 0 Å². The molecule has 3 N–H and O–H groups in total. The van der Waals surface area contributed by atoms with Crippen molar-refractivity contribution in [3.63, 3.8) is 0 Å². The van der Waals surface area contributed by atoms with Gasteiger partial charge in [0.15, 0.2) is 5.82 Å². The van der Waals surface area contributed by atoms with E-state index in [0.717, 1.165) is 66.2 Å². The first-order valence-electron chi connectivity index (χ1n) is 13.7. The van der Waals surface area contributed by atoms with E-state index in [1.54, 1.807) is 12.4 Å². The zero-order chi connectivity index (χ0) is 27.8. The molecule has 40 heavy (non-hydrogen) atoms. The molecule has 0 fully saturated rings. The number of anilines is 4. The van der Waals surface area contributed by atoms with E-state index < -0.39 is 0 Å². The van der Waals surface area contributed by atoms with Gasteiger partial charge in [-0.2, -0.15) is 0 Å². The largest absolute Gasteiger partial charge is 0.397 e. The molecule has 0 aliphatic carbocycles. The molecule has 6 rings (SSSR count). The summed E-state index contributed by atoms with van der Waals surface area (Å²) in [6.45, 7) is 4.90. The summed E-state index contributed by atoms with van der Waals surface area (Å²) in [7, 11) is 6.22. The van der Waals surface area contributed by atoms with Gasteiger partial charge in [0.1, 0.15) is 0 Å². The predicted molar refractivity (Wildman–Crippen MR) is 163 cm³/mol. The number of para-hydroxylation sites is 1. The standard InChI is InChI=1S/C31H35N9/c1-20-16-27(39(4)15-14-38(2)3)25(32)17-26(20)36-31-35-18-23(30-33-11-7-12-34-30)28(37-31)24-19-40-13-6-9-21-8-5-10-22(24)29(21)40/h5,7-8,10-12,16-19H,6,9,13-15,32H2,1-4H3,(H,35,36,37). The van der Waals surface area contributed by atoms with Crippen molar-refractivity contribution < 1.29 is 0 Å². The van der Waals surface area contributed by atoms with Crippen molar-refractivity contribution in [3.8, 4) is 22.6 Å². The van der Waals surface area contributed by atoms with E-state index in [4.69, 9.17) is 10.7 Å². The van der Waals surface area contributed by atoms with Crippen LogP contribution in [0.4, 0.5) is 23.0 Å². The SMILES string of the molecule is Cc1cc(N(C)CCN(C)C)c(N)cc1Nc1ncc(-c2ncccn2)c(-c2cn3c4c(cccc24)CCC3)n1. The number of benzene rings is 2. The molecule has 3 aromatic heterocycles. The second-order valence-corrected chi connectivity index (χ2v) is 10.8. The Kier molecular flexibility index (Phi) is 6.81. The number of nitrogens with zero attached hydrogens (tertiary/aromatic N) is 7. The molecule has 4 heterocycles. The fourth-order valence-electron chi connectivity index (χ4n) is 5.46. The molecule has 0 unspecified atom stereocenters. The highest BCUT2D eigenvalue weighted by molar-refractivity contribution is 6.00. The van der Waals surface area contributed by atoms with Gasteiger partial charge in [0, 0.05) is 68.1 Å². The normalized spacial score (nSPS) is 12.7. The second-order valence-electron chi connectivity index (χ2n) is 10.8. The maximum absolute atomic E-state index is 6.52. The highest BCUT2D eigenvalue weighted by Gasteiger charge is 2.22. The number of aryl methyl sites for hydroxylation is 3. The Morgan fingerprint density at radius 2 is 1.82 bits per heavy atom. The van der Waals surface area contributed by atoms with Crippen LogP contribution >= 0.6 is 0 Å². The smallest absolute Gasteiger partial charge is 0.227 e. The average molecular weight is 534 g/mol. The van der Waals surface area contributed by atoms with E-state index in [2.05, 4.69) is 93.2 Å². The Morgan fingerprint density at radius 3 is 2.62 bits per heavy atom. The summed E-state index contributed by atoms with van der Waals surface area (Å²) >= 11 is 0. The van der Waals surface area contributed by atoms with Gasteiger partial charge in [0.25, 0.3) is 0 Å². The van der Waals surface area contributed by atoms with Gasteiger partial charge in [-0.25, -0.2) is 19.9 Å². The number of nitrogens with two attached hydrogens (primary N) is 1. The monoisotopic (exact) mass is 533 g/mol. The van der Waals surface area contributed by atoms with E-state index in [0.29, 0.717) is 17.5 Å². The van der Waals surface area contributed by atoms with Crippen LogP contribution < -0.4 is 16.0 Å². The van der Waals surface area contributed by atoms with Gasteiger partial charge in [-0.05, 0) is 63.2 Å². The molecule has 0 amide bonds. The molecule has 0 atom stereocenters. The molecule has 0 radical (unpaired) electrons. The lowest BCUT2D eigenvalue weighted by Crippen LogP contribution is -2.29. The van der Waals surface area contributed by atoms with Crippen molar-refractivity contribution in [2.45, 2.75) is 26.3 Å². The minimum atomic E-state index is 0.498. The van der Waals surface area contributed by atoms with E-state index in [1.807, 2.05) is 18.3 Å². The lowest BCUT2D eigenvalue weighted by Gasteiger charge is -2.24. The Morgan fingerprint density at radius 1 is 1.00 bits per heavy atom. The van der Waals surface area contributed by atoms with Crippen LogP contribution in [0.1, 0.15) is 17.5 Å². The van der Waals surface area contributed by atoms with Crippen LogP contribution in [0.25, 0.3) is 33.5 Å². The van der Waals surface area contributed by atoms with E-state index in [9.17, 15) is 0 Å². The number of aromatic nitrogens is 5. The first-order valence-corrected chi connectivity index (χ1v) is 13.7. The molecular weight excluding hydrogens is 498 g/mol. The maximum Gasteiger partial charge on any atom is 0.227 e. The van der Waals surface area contributed by atoms with E-state index in [1.165, 1.54) is 16.5 Å². The summed E-state index contributed by atoms with van der Waals surface area (Å²) in [5, 5.41) is 4.62. The number of hydrogen-bond acceptors (Lipinski definition) is 8. The molecule has 0 saturated carbocycles. The highest BCUT2D eigenvalue weighted by atomic mass is 15.2. The van der Waals surface area contributed by atoms with Crippen molar-refractivity contribution in [1.82, 2.24) is 29.4 Å². The van der Waals surface area contributed by atoms with Crippen LogP contribution in [0, 0.1) is 6.92 Å². The summed E-state index contributed by atoms with van der Waals surface area (Å²) in [6, 6.07) is 12.4. The van der Waals surface area contributed by atoms with Crippen LogP contribution in [-0.4, -0.2) is 63.6 Å². The number of rotatable bonds is 8. The second kappa shape index (κ2) is 10.6. The number of likely N-dealkylation sites (N-methyl/N-ethyl adjacent to an activating group) is 2. The third kappa shape index (κ3) is 4.84. The Hall–Kier alpha value is -4.50. The molecular formula is C31H35N9. The van der Waals surface area contributed by atoms with Crippen LogP contribution in [0.15, 0.2) is 61.2 Å². The first kappa shape index (κ1) is 25.8. The van der Waals surface area contributed by atoms with Crippen molar-refractivity contribution in [2.24, 2.45) is 0 Å². The average Bonchev–Trinajstić information content (AvgIpc) is 3.34. The van der Waals surface area contributed by atoms with Gasteiger partial charge in [0.2, 0.25) is 5.95 Å². The van der Waals surface area contributed by atoms with Gasteiger partial charge in [0.05, 0.1) is 28.1 Å². The maximum atomic E-state index is 6.52. The summed E-state index contributed by atoms with van der Waals surface area (Å²) < 4.78 is 2.35. The topological polar surface area (TPSA) is 101 Å². The molecule has 0 saturated heterocycles. The summed E-state index contributed by atoms with van der Waals surface area (Å²) in [4.78, 5) is 23.1. The van der Waals surface area contributed by atoms with Crippen LogP contribution in [0.5, 0.6) is 0 Å². The Bertz CT molecular complexity index is 1670. The lowest BCUT2D eigenvalue weighted by atomic mass is 10.0. The van der Waals surface area contributed by atoms with Crippen LogP contribution in [-0.2, 0) is 13.0 Å². The summed E-state index contributed by atoms with van der Waals surface area (Å²) in [5.41, 5.74) is 15.5. The van der Waals surface area contributed by atoms with Gasteiger partial charge in [-0.1, -0.05) is 18.2 Å². The molecule has 9 nitrogen and oxygen atoms in total. The first-order chi connectivity index (χ1) is 19.4. The van der Waals surface area contributed by atoms with Crippen LogP contribution in [0.2, 0.25) is 0 Å². The molecule has 204 valence electrons. The van der Waals surface area contributed by atoms with Crippen molar-refractivity contribution in [1.29, 1.82) is 0 Å². The van der Waals surface area contributed by atoms with E-state index in [-0.39, 0.29) is 0 Å². The zero-order valence-electron chi connectivity index (χ0n) is 23.5. The Balaban J connectivity index is 1.41. The highest BCUT2D eigenvalue weighted by Crippen LogP contribution is 2.39. The minimum Gasteiger partial charge on any atom is -0.397 e. The van der Waals surface area contributed by atoms with Crippen molar-refractivity contribution >= 4 is 33.9 Å². The molecule has 2 aromatic carbocycles. The summed E-state index contributed by atoms with van der Waals surface area (Å²) in [5.74, 6) is 1.10. The molecule has 9 heteroatoms. The number of hydrogen-bond donors (Lipinski definition) is 2. The fraction of sp³-hybridized carbons (Fsp3) is 0.290. The minimum absolute atomic E-state index is 0.498. The van der Waals surface area contributed by atoms with Crippen molar-refractivity contribution in [2.75, 3.05) is 50.2 Å². The van der Waals surface area contributed by atoms with Gasteiger partial charge < -0.3 is 25.4 Å². The molecule has 1 aliphatic rings. The quantitative estimate of drug-likeness (QED) is 0.265. The third-order valence-electron chi connectivity index (χ3n) is 7.59. The molecule has 0 spiro atoms. The third-order valence-corrected chi connectivity index (χ3v) is 7.59.